The van der Waals surface area contributed by atoms with Crippen molar-refractivity contribution in [1.29, 1.82) is 0 Å². The van der Waals surface area contributed by atoms with Crippen molar-refractivity contribution in [3.8, 4) is 0 Å². The largest absolute Gasteiger partial charge is 0.388 e. The lowest BCUT2D eigenvalue weighted by atomic mass is 10.0. The van der Waals surface area contributed by atoms with Gasteiger partial charge >= 0.3 is 0 Å². The molecule has 0 saturated heterocycles. The Morgan fingerprint density at radius 3 is 2.89 bits per heavy atom. The minimum absolute atomic E-state index is 0.234. The molecule has 1 amide bonds. The van der Waals surface area contributed by atoms with Crippen LogP contribution in [0.25, 0.3) is 0 Å². The quantitative estimate of drug-likeness (QED) is 0.777. The van der Waals surface area contributed by atoms with Crippen LogP contribution in [0.5, 0.6) is 0 Å². The molecule has 0 fully saturated rings. The zero-order valence-corrected chi connectivity index (χ0v) is 11.1. The summed E-state index contributed by atoms with van der Waals surface area (Å²) >= 11 is 0. The Morgan fingerprint density at radius 2 is 2.17 bits per heavy atom. The molecule has 1 aliphatic heterocycles. The van der Waals surface area contributed by atoms with Gasteiger partial charge in [0, 0.05) is 37.9 Å². The van der Waals surface area contributed by atoms with Crippen LogP contribution in [0.15, 0.2) is 18.2 Å². The average molecular weight is 247 g/mol. The highest BCUT2D eigenvalue weighted by Gasteiger charge is 2.23. The first-order chi connectivity index (χ1) is 8.76. The van der Waals surface area contributed by atoms with Crippen molar-refractivity contribution in [2.45, 2.75) is 19.8 Å². The maximum atomic E-state index is 12.0. The zero-order valence-electron chi connectivity index (χ0n) is 11.1. The molecule has 0 atom stereocenters. The van der Waals surface area contributed by atoms with E-state index in [0.717, 1.165) is 37.4 Å². The van der Waals surface area contributed by atoms with Gasteiger partial charge in [0.25, 0.3) is 0 Å². The average Bonchev–Trinajstić information content (AvgIpc) is 2.41. The molecule has 4 nitrogen and oxygen atoms in total. The second-order valence-corrected chi connectivity index (χ2v) is 4.49. The van der Waals surface area contributed by atoms with Crippen LogP contribution >= 0.6 is 0 Å². The van der Waals surface area contributed by atoms with Crippen LogP contribution in [-0.2, 0) is 11.2 Å². The van der Waals surface area contributed by atoms with E-state index in [1.54, 1.807) is 0 Å². The second-order valence-electron chi connectivity index (χ2n) is 4.49. The van der Waals surface area contributed by atoms with Gasteiger partial charge in [-0.2, -0.15) is 0 Å². The highest BCUT2D eigenvalue weighted by atomic mass is 16.2. The zero-order chi connectivity index (χ0) is 13.0. The van der Waals surface area contributed by atoms with Crippen molar-refractivity contribution in [3.05, 3.63) is 23.8 Å². The van der Waals surface area contributed by atoms with Gasteiger partial charge in [0.1, 0.15) is 0 Å². The van der Waals surface area contributed by atoms with Crippen molar-refractivity contribution in [3.63, 3.8) is 0 Å². The van der Waals surface area contributed by atoms with Crippen molar-refractivity contribution < 1.29 is 4.79 Å². The Morgan fingerprint density at radius 1 is 1.33 bits per heavy atom. The van der Waals surface area contributed by atoms with Crippen molar-refractivity contribution in [2.75, 3.05) is 36.9 Å². The summed E-state index contributed by atoms with van der Waals surface area (Å²) in [6.45, 7) is 4.60. The van der Waals surface area contributed by atoms with Crippen LogP contribution in [0, 0.1) is 0 Å². The molecular formula is C14H21N3O. The minimum Gasteiger partial charge on any atom is -0.388 e. The summed E-state index contributed by atoms with van der Waals surface area (Å²) in [4.78, 5) is 13.9. The maximum Gasteiger partial charge on any atom is 0.227 e. The van der Waals surface area contributed by atoms with E-state index in [9.17, 15) is 4.79 Å². The normalized spacial score (nSPS) is 14.6. The van der Waals surface area contributed by atoms with Gasteiger partial charge in [-0.3, -0.25) is 4.79 Å². The fourth-order valence-corrected chi connectivity index (χ4v) is 2.33. The van der Waals surface area contributed by atoms with Crippen molar-refractivity contribution in [2.24, 2.45) is 0 Å². The summed E-state index contributed by atoms with van der Waals surface area (Å²) in [6.07, 6.45) is 1.47. The van der Waals surface area contributed by atoms with E-state index in [1.807, 2.05) is 24.1 Å². The third-order valence-corrected chi connectivity index (χ3v) is 3.33. The first-order valence-corrected chi connectivity index (χ1v) is 6.58. The molecule has 2 rings (SSSR count). The fraction of sp³-hybridized carbons (Fsp3) is 0.500. The highest BCUT2D eigenvalue weighted by molar-refractivity contribution is 5.96. The molecule has 4 heteroatoms. The van der Waals surface area contributed by atoms with E-state index in [-0.39, 0.29) is 5.91 Å². The van der Waals surface area contributed by atoms with E-state index in [4.69, 9.17) is 0 Å². The topological polar surface area (TPSA) is 44.4 Å². The summed E-state index contributed by atoms with van der Waals surface area (Å²) in [6, 6.07) is 6.21. The van der Waals surface area contributed by atoms with Crippen LogP contribution in [-0.4, -0.2) is 32.6 Å². The number of likely N-dealkylation sites (N-methyl/N-ethyl adjacent to an activating group) is 1. The number of hydrogen-bond donors (Lipinski definition) is 2. The Kier molecular flexibility index (Phi) is 4.20. The molecule has 0 bridgehead atoms. The van der Waals surface area contributed by atoms with Gasteiger partial charge in [0.15, 0.2) is 0 Å². The smallest absolute Gasteiger partial charge is 0.227 e. The van der Waals surface area contributed by atoms with Crippen LogP contribution in [0.1, 0.15) is 18.9 Å². The summed E-state index contributed by atoms with van der Waals surface area (Å²) < 4.78 is 0. The number of hydrogen-bond acceptors (Lipinski definition) is 3. The summed E-state index contributed by atoms with van der Waals surface area (Å²) in [5.41, 5.74) is 3.44. The predicted molar refractivity (Wildman–Crippen MR) is 75.2 cm³/mol. The van der Waals surface area contributed by atoms with E-state index < -0.39 is 0 Å². The van der Waals surface area contributed by atoms with Gasteiger partial charge in [-0.1, -0.05) is 6.92 Å². The molecule has 2 N–H and O–H groups in total. The molecule has 18 heavy (non-hydrogen) atoms. The molecule has 0 saturated carbocycles. The third-order valence-electron chi connectivity index (χ3n) is 3.33. The number of carbonyl (C=O) groups excluding carboxylic acids is 1. The Hall–Kier alpha value is -1.55. The number of fused-ring (bicyclic) bond motifs is 1. The minimum atomic E-state index is 0.234. The SMILES string of the molecule is CCNCCN1C(=O)CCc2cc(NC)ccc21. The van der Waals surface area contributed by atoms with Gasteiger partial charge in [-0.25, -0.2) is 0 Å². The van der Waals surface area contributed by atoms with E-state index in [0.29, 0.717) is 6.42 Å². The lowest BCUT2D eigenvalue weighted by Crippen LogP contribution is -2.39. The standard InChI is InChI=1S/C14H21N3O/c1-3-16-8-9-17-13-6-5-12(15-2)10-11(13)4-7-14(17)18/h5-6,10,15-16H,3-4,7-9H2,1-2H3. The highest BCUT2D eigenvalue weighted by Crippen LogP contribution is 2.29. The number of benzene rings is 1. The molecule has 1 aliphatic rings. The number of amides is 1. The molecular weight excluding hydrogens is 226 g/mol. The third kappa shape index (κ3) is 2.64. The van der Waals surface area contributed by atoms with Gasteiger partial charge < -0.3 is 15.5 Å². The van der Waals surface area contributed by atoms with Crippen molar-refractivity contribution >= 4 is 17.3 Å². The molecule has 1 aromatic rings. The summed E-state index contributed by atoms with van der Waals surface area (Å²) in [7, 11) is 1.92. The number of anilines is 2. The van der Waals surface area contributed by atoms with Gasteiger partial charge in [-0.15, -0.1) is 0 Å². The molecule has 0 radical (unpaired) electrons. The fourth-order valence-electron chi connectivity index (χ4n) is 2.33. The summed E-state index contributed by atoms with van der Waals surface area (Å²) in [5.74, 6) is 0.234. The Balaban J connectivity index is 2.18. The summed E-state index contributed by atoms with van der Waals surface area (Å²) in [5, 5.41) is 6.40. The van der Waals surface area contributed by atoms with Crippen LogP contribution < -0.4 is 15.5 Å². The molecule has 98 valence electrons. The van der Waals surface area contributed by atoms with E-state index in [2.05, 4.69) is 23.6 Å². The van der Waals surface area contributed by atoms with Gasteiger partial charge in [-0.05, 0) is 36.7 Å². The van der Waals surface area contributed by atoms with Crippen LogP contribution in [0.2, 0.25) is 0 Å². The maximum absolute atomic E-state index is 12.0. The van der Waals surface area contributed by atoms with E-state index >= 15 is 0 Å². The first kappa shape index (κ1) is 12.9. The Bertz CT molecular complexity index is 431. The van der Waals surface area contributed by atoms with E-state index in [1.165, 1.54) is 5.56 Å². The number of nitrogens with one attached hydrogen (secondary N) is 2. The van der Waals surface area contributed by atoms with Gasteiger partial charge in [0.05, 0.1) is 0 Å². The number of nitrogens with zero attached hydrogens (tertiary/aromatic N) is 1. The monoisotopic (exact) mass is 247 g/mol. The predicted octanol–water partition coefficient (Wildman–Crippen LogP) is 1.62. The Labute approximate surface area is 108 Å². The van der Waals surface area contributed by atoms with Crippen molar-refractivity contribution in [1.82, 2.24) is 5.32 Å². The molecule has 0 aromatic heterocycles. The molecule has 0 spiro atoms. The molecule has 0 unspecified atom stereocenters. The van der Waals surface area contributed by atoms with Gasteiger partial charge in [0.2, 0.25) is 5.91 Å². The lowest BCUT2D eigenvalue weighted by Gasteiger charge is -2.30. The molecule has 1 aromatic carbocycles. The number of rotatable bonds is 5. The lowest BCUT2D eigenvalue weighted by molar-refractivity contribution is -0.118. The molecule has 0 aliphatic carbocycles. The number of carbonyl (C=O) groups is 1. The first-order valence-electron chi connectivity index (χ1n) is 6.58. The second kappa shape index (κ2) is 5.87. The number of aryl methyl sites for hydroxylation is 1. The van der Waals surface area contributed by atoms with Crippen LogP contribution in [0.3, 0.4) is 0 Å². The molecule has 1 heterocycles. The van der Waals surface area contributed by atoms with Crippen LogP contribution in [0.4, 0.5) is 11.4 Å².